The summed E-state index contributed by atoms with van der Waals surface area (Å²) in [6, 6.07) is 1.89. The van der Waals surface area contributed by atoms with E-state index in [1.807, 2.05) is 13.1 Å². The fraction of sp³-hybridized carbons (Fsp3) is 0.300. The third-order valence-electron chi connectivity index (χ3n) is 2.34. The summed E-state index contributed by atoms with van der Waals surface area (Å²) in [5, 5.41) is 4.36. The van der Waals surface area contributed by atoms with Crippen LogP contribution in [0.1, 0.15) is 12.5 Å². The Morgan fingerprint density at radius 3 is 2.93 bits per heavy atom. The SMILES string of the molecule is CCc1c(-c2ccoc2)nn(C)c1N. The monoisotopic (exact) mass is 191 g/mol. The van der Waals surface area contributed by atoms with E-state index in [0.29, 0.717) is 0 Å². The van der Waals surface area contributed by atoms with Crippen molar-refractivity contribution < 1.29 is 4.42 Å². The van der Waals surface area contributed by atoms with Gasteiger partial charge in [0.15, 0.2) is 0 Å². The van der Waals surface area contributed by atoms with E-state index in [1.54, 1.807) is 17.2 Å². The molecule has 0 saturated carbocycles. The van der Waals surface area contributed by atoms with Gasteiger partial charge in [-0.3, -0.25) is 4.68 Å². The largest absolute Gasteiger partial charge is 0.472 e. The molecule has 2 heterocycles. The van der Waals surface area contributed by atoms with Gasteiger partial charge in [0.2, 0.25) is 0 Å². The van der Waals surface area contributed by atoms with Crippen molar-refractivity contribution in [2.75, 3.05) is 5.73 Å². The number of aryl methyl sites for hydroxylation is 1. The van der Waals surface area contributed by atoms with E-state index >= 15 is 0 Å². The van der Waals surface area contributed by atoms with E-state index in [9.17, 15) is 0 Å². The molecule has 0 aliphatic carbocycles. The van der Waals surface area contributed by atoms with E-state index in [4.69, 9.17) is 10.2 Å². The summed E-state index contributed by atoms with van der Waals surface area (Å²) in [5.41, 5.74) is 8.87. The number of furan rings is 1. The summed E-state index contributed by atoms with van der Waals surface area (Å²) in [4.78, 5) is 0. The van der Waals surface area contributed by atoms with Crippen molar-refractivity contribution in [3.05, 3.63) is 24.2 Å². The lowest BCUT2D eigenvalue weighted by Gasteiger charge is -1.96. The molecule has 0 amide bonds. The Bertz CT molecular complexity index is 428. The standard InChI is InChI=1S/C10H13N3O/c1-3-8-9(7-4-5-14-6-7)12-13(2)10(8)11/h4-6H,3,11H2,1-2H3. The minimum absolute atomic E-state index is 0.726. The van der Waals surface area contributed by atoms with Gasteiger partial charge in [0, 0.05) is 18.2 Å². The summed E-state index contributed by atoms with van der Waals surface area (Å²) in [6.07, 6.45) is 4.20. The lowest BCUT2D eigenvalue weighted by atomic mass is 10.1. The molecule has 0 atom stereocenters. The minimum atomic E-state index is 0.726. The number of nitrogens with zero attached hydrogens (tertiary/aromatic N) is 2. The Morgan fingerprint density at radius 2 is 2.36 bits per heavy atom. The second-order valence-corrected chi connectivity index (χ2v) is 3.20. The first-order valence-electron chi connectivity index (χ1n) is 4.58. The average molecular weight is 191 g/mol. The Labute approximate surface area is 82.3 Å². The highest BCUT2D eigenvalue weighted by Crippen LogP contribution is 2.27. The predicted molar refractivity (Wildman–Crippen MR) is 54.7 cm³/mol. The van der Waals surface area contributed by atoms with Crippen molar-refractivity contribution in [2.45, 2.75) is 13.3 Å². The van der Waals surface area contributed by atoms with Gasteiger partial charge in [-0.05, 0) is 12.5 Å². The summed E-state index contributed by atoms with van der Waals surface area (Å²) >= 11 is 0. The molecule has 4 heteroatoms. The molecule has 74 valence electrons. The molecule has 2 N–H and O–H groups in total. The zero-order valence-corrected chi connectivity index (χ0v) is 8.32. The molecule has 0 aliphatic rings. The summed E-state index contributed by atoms with van der Waals surface area (Å²) < 4.78 is 6.72. The molecule has 0 aliphatic heterocycles. The van der Waals surface area contributed by atoms with Crippen molar-refractivity contribution in [2.24, 2.45) is 7.05 Å². The van der Waals surface area contributed by atoms with Crippen molar-refractivity contribution in [1.29, 1.82) is 0 Å². The Morgan fingerprint density at radius 1 is 1.57 bits per heavy atom. The maximum absolute atomic E-state index is 5.89. The number of hydrogen-bond donors (Lipinski definition) is 1. The van der Waals surface area contributed by atoms with Crippen LogP contribution >= 0.6 is 0 Å². The van der Waals surface area contributed by atoms with Gasteiger partial charge in [-0.15, -0.1) is 0 Å². The smallest absolute Gasteiger partial charge is 0.125 e. The molecule has 4 nitrogen and oxygen atoms in total. The highest BCUT2D eigenvalue weighted by atomic mass is 16.3. The van der Waals surface area contributed by atoms with Gasteiger partial charge in [-0.2, -0.15) is 5.10 Å². The number of hydrogen-bond acceptors (Lipinski definition) is 3. The molecule has 2 aromatic rings. The maximum atomic E-state index is 5.89. The fourth-order valence-electron chi connectivity index (χ4n) is 1.56. The number of aromatic nitrogens is 2. The summed E-state index contributed by atoms with van der Waals surface area (Å²) in [5.74, 6) is 0.726. The fourth-order valence-corrected chi connectivity index (χ4v) is 1.56. The van der Waals surface area contributed by atoms with Crippen molar-refractivity contribution in [3.8, 4) is 11.3 Å². The quantitative estimate of drug-likeness (QED) is 0.787. The second kappa shape index (κ2) is 3.21. The van der Waals surface area contributed by atoms with Crippen LogP contribution in [-0.2, 0) is 13.5 Å². The third-order valence-corrected chi connectivity index (χ3v) is 2.34. The average Bonchev–Trinajstić information content (AvgIpc) is 2.76. The maximum Gasteiger partial charge on any atom is 0.125 e. The predicted octanol–water partition coefficient (Wildman–Crippen LogP) is 1.82. The van der Waals surface area contributed by atoms with E-state index in [-0.39, 0.29) is 0 Å². The molecular weight excluding hydrogens is 178 g/mol. The van der Waals surface area contributed by atoms with Crippen LogP contribution < -0.4 is 5.73 Å². The second-order valence-electron chi connectivity index (χ2n) is 3.20. The van der Waals surface area contributed by atoms with Crippen LogP contribution in [0.4, 0.5) is 5.82 Å². The summed E-state index contributed by atoms with van der Waals surface area (Å²) in [6.45, 7) is 2.07. The first kappa shape index (κ1) is 8.87. The van der Waals surface area contributed by atoms with Crippen LogP contribution in [0.15, 0.2) is 23.0 Å². The molecule has 0 radical (unpaired) electrons. The zero-order chi connectivity index (χ0) is 10.1. The van der Waals surface area contributed by atoms with Gasteiger partial charge in [0.05, 0.1) is 12.5 Å². The van der Waals surface area contributed by atoms with E-state index < -0.39 is 0 Å². The van der Waals surface area contributed by atoms with E-state index in [1.165, 1.54) is 0 Å². The number of nitrogens with two attached hydrogens (primary N) is 1. The Balaban J connectivity index is 2.59. The molecule has 0 aromatic carbocycles. The normalized spacial score (nSPS) is 10.7. The van der Waals surface area contributed by atoms with Gasteiger partial charge in [-0.25, -0.2) is 0 Å². The molecule has 0 spiro atoms. The van der Waals surface area contributed by atoms with Gasteiger partial charge < -0.3 is 10.2 Å². The lowest BCUT2D eigenvalue weighted by molar-refractivity contribution is 0.568. The molecule has 14 heavy (non-hydrogen) atoms. The minimum Gasteiger partial charge on any atom is -0.472 e. The zero-order valence-electron chi connectivity index (χ0n) is 8.32. The summed E-state index contributed by atoms with van der Waals surface area (Å²) in [7, 11) is 1.85. The highest BCUT2D eigenvalue weighted by molar-refractivity contribution is 5.67. The molecular formula is C10H13N3O. The van der Waals surface area contributed by atoms with Gasteiger partial charge in [0.25, 0.3) is 0 Å². The van der Waals surface area contributed by atoms with Crippen molar-refractivity contribution in [3.63, 3.8) is 0 Å². The van der Waals surface area contributed by atoms with Crippen molar-refractivity contribution >= 4 is 5.82 Å². The first-order valence-corrected chi connectivity index (χ1v) is 4.58. The first-order chi connectivity index (χ1) is 6.74. The van der Waals surface area contributed by atoms with Crippen LogP contribution in [0.25, 0.3) is 11.3 Å². The number of nitrogen functional groups attached to an aromatic ring is 1. The van der Waals surface area contributed by atoms with E-state index in [2.05, 4.69) is 12.0 Å². The lowest BCUT2D eigenvalue weighted by Crippen LogP contribution is -1.98. The van der Waals surface area contributed by atoms with Crippen LogP contribution in [0, 0.1) is 0 Å². The molecule has 2 rings (SSSR count). The van der Waals surface area contributed by atoms with Gasteiger partial charge in [0.1, 0.15) is 11.5 Å². The highest BCUT2D eigenvalue weighted by Gasteiger charge is 2.14. The molecule has 0 fully saturated rings. The van der Waals surface area contributed by atoms with Crippen molar-refractivity contribution in [1.82, 2.24) is 9.78 Å². The Hall–Kier alpha value is -1.71. The van der Waals surface area contributed by atoms with Gasteiger partial charge in [-0.1, -0.05) is 6.92 Å². The number of rotatable bonds is 2. The third kappa shape index (κ3) is 1.19. The van der Waals surface area contributed by atoms with Gasteiger partial charge >= 0.3 is 0 Å². The van der Waals surface area contributed by atoms with Crippen LogP contribution in [0.2, 0.25) is 0 Å². The van der Waals surface area contributed by atoms with E-state index in [0.717, 1.165) is 29.1 Å². The molecule has 0 bridgehead atoms. The van der Waals surface area contributed by atoms with Crippen LogP contribution in [0.3, 0.4) is 0 Å². The Kier molecular flexibility index (Phi) is 2.04. The molecule has 0 saturated heterocycles. The number of anilines is 1. The van der Waals surface area contributed by atoms with Crippen LogP contribution in [0.5, 0.6) is 0 Å². The molecule has 0 unspecified atom stereocenters. The molecule has 2 aromatic heterocycles. The van der Waals surface area contributed by atoms with Crippen LogP contribution in [-0.4, -0.2) is 9.78 Å². The topological polar surface area (TPSA) is 57.0 Å².